The number of hydrogen-bond donors (Lipinski definition) is 2. The molecule has 0 unspecified atom stereocenters. The van der Waals surface area contributed by atoms with Crippen LogP contribution in [-0.4, -0.2) is 55.8 Å². The Morgan fingerprint density at radius 2 is 1.46 bits per heavy atom. The molecular weight excluding hydrogens is 460 g/mol. The first-order chi connectivity index (χ1) is 16.7. The second kappa shape index (κ2) is 10.4. The van der Waals surface area contributed by atoms with Crippen LogP contribution in [0.4, 0.5) is 23.1 Å². The van der Waals surface area contributed by atoms with Gasteiger partial charge in [-0.2, -0.15) is 4.98 Å². The van der Waals surface area contributed by atoms with Gasteiger partial charge < -0.3 is 15.5 Å². The van der Waals surface area contributed by atoms with Gasteiger partial charge in [0.05, 0.1) is 11.3 Å². The maximum atomic E-state index is 12.2. The van der Waals surface area contributed by atoms with Crippen molar-refractivity contribution in [3.8, 4) is 0 Å². The van der Waals surface area contributed by atoms with E-state index in [9.17, 15) is 8.42 Å². The molecule has 1 aromatic heterocycles. The van der Waals surface area contributed by atoms with Gasteiger partial charge in [-0.25, -0.2) is 17.7 Å². The largest absolute Gasteiger partial charge is 0.340 e. The van der Waals surface area contributed by atoms with Crippen LogP contribution in [0.2, 0.25) is 0 Å². The SMILES string of the molecule is CN(C)Cc1cccc2c(Nc3ccccc3)nc(Nc3ccc(CS(=O)(=O)N(C)C)cc3)nc12. The predicted octanol–water partition coefficient (Wildman–Crippen LogP) is 4.57. The highest BCUT2D eigenvalue weighted by Gasteiger charge is 2.15. The van der Waals surface area contributed by atoms with E-state index in [0.29, 0.717) is 17.3 Å². The van der Waals surface area contributed by atoms with E-state index in [-0.39, 0.29) is 5.75 Å². The summed E-state index contributed by atoms with van der Waals surface area (Å²) < 4.78 is 25.6. The van der Waals surface area contributed by atoms with Gasteiger partial charge in [-0.15, -0.1) is 0 Å². The Morgan fingerprint density at radius 1 is 0.771 bits per heavy atom. The molecule has 4 aromatic rings. The predicted molar refractivity (Wildman–Crippen MR) is 143 cm³/mol. The highest BCUT2D eigenvalue weighted by atomic mass is 32.2. The van der Waals surface area contributed by atoms with Crippen LogP contribution < -0.4 is 10.6 Å². The first kappa shape index (κ1) is 24.6. The van der Waals surface area contributed by atoms with Gasteiger partial charge in [0, 0.05) is 37.4 Å². The number of fused-ring (bicyclic) bond motifs is 1. The van der Waals surface area contributed by atoms with E-state index >= 15 is 0 Å². The van der Waals surface area contributed by atoms with Gasteiger partial charge in [0.15, 0.2) is 0 Å². The van der Waals surface area contributed by atoms with Gasteiger partial charge in [-0.05, 0) is 55.6 Å². The Hall–Kier alpha value is -3.53. The van der Waals surface area contributed by atoms with E-state index in [2.05, 4.69) is 21.6 Å². The minimum absolute atomic E-state index is 0.0498. The van der Waals surface area contributed by atoms with Gasteiger partial charge >= 0.3 is 0 Å². The van der Waals surface area contributed by atoms with Gasteiger partial charge in [0.25, 0.3) is 0 Å². The maximum Gasteiger partial charge on any atom is 0.229 e. The summed E-state index contributed by atoms with van der Waals surface area (Å²) in [6.45, 7) is 0.744. The Kier molecular flexibility index (Phi) is 7.30. The van der Waals surface area contributed by atoms with Crippen LogP contribution in [0.5, 0.6) is 0 Å². The minimum atomic E-state index is -3.32. The van der Waals surface area contributed by atoms with Crippen molar-refractivity contribution in [1.29, 1.82) is 0 Å². The molecule has 0 radical (unpaired) electrons. The zero-order valence-electron chi connectivity index (χ0n) is 20.4. The van der Waals surface area contributed by atoms with E-state index in [1.807, 2.05) is 68.7 Å². The molecule has 0 bridgehead atoms. The van der Waals surface area contributed by atoms with Crippen molar-refractivity contribution >= 4 is 44.1 Å². The van der Waals surface area contributed by atoms with E-state index in [1.165, 1.54) is 18.4 Å². The molecule has 0 aliphatic rings. The molecule has 0 saturated carbocycles. The molecule has 9 heteroatoms. The Morgan fingerprint density at radius 3 is 2.11 bits per heavy atom. The van der Waals surface area contributed by atoms with Crippen molar-refractivity contribution in [2.24, 2.45) is 0 Å². The summed E-state index contributed by atoms with van der Waals surface area (Å²) in [4.78, 5) is 11.7. The van der Waals surface area contributed by atoms with Crippen LogP contribution in [-0.2, 0) is 22.3 Å². The molecule has 0 spiro atoms. The summed E-state index contributed by atoms with van der Waals surface area (Å²) in [7, 11) is 3.81. The molecule has 0 aliphatic carbocycles. The fourth-order valence-electron chi connectivity index (χ4n) is 3.64. The normalized spacial score (nSPS) is 11.8. The lowest BCUT2D eigenvalue weighted by Gasteiger charge is -2.16. The van der Waals surface area contributed by atoms with Crippen molar-refractivity contribution in [3.63, 3.8) is 0 Å². The third-order valence-electron chi connectivity index (χ3n) is 5.45. The second-order valence-electron chi connectivity index (χ2n) is 8.80. The van der Waals surface area contributed by atoms with Gasteiger partial charge in [0.2, 0.25) is 16.0 Å². The number of sulfonamides is 1. The average molecular weight is 491 g/mol. The van der Waals surface area contributed by atoms with Crippen molar-refractivity contribution in [3.05, 3.63) is 83.9 Å². The Labute approximate surface area is 206 Å². The standard InChI is InChI=1S/C26H30N6O2S/c1-31(2)17-20-9-8-12-23-24(20)29-26(30-25(23)27-21-10-6-5-7-11-21)28-22-15-13-19(14-16-22)18-35(33,34)32(3)4/h5-16H,17-18H2,1-4H3,(H2,27,28,29,30). The summed E-state index contributed by atoms with van der Waals surface area (Å²) >= 11 is 0. The quantitative estimate of drug-likeness (QED) is 0.355. The number of nitrogens with zero attached hydrogens (tertiary/aromatic N) is 4. The number of aromatic nitrogens is 2. The number of rotatable bonds is 9. The lowest BCUT2D eigenvalue weighted by molar-refractivity contribution is 0.404. The van der Waals surface area contributed by atoms with Gasteiger partial charge in [-0.1, -0.05) is 42.5 Å². The minimum Gasteiger partial charge on any atom is -0.340 e. The van der Waals surface area contributed by atoms with Crippen molar-refractivity contribution in [2.45, 2.75) is 12.3 Å². The molecule has 182 valence electrons. The molecule has 1 heterocycles. The molecule has 2 N–H and O–H groups in total. The summed E-state index contributed by atoms with van der Waals surface area (Å²) in [6, 6.07) is 23.3. The first-order valence-corrected chi connectivity index (χ1v) is 12.8. The Balaban J connectivity index is 1.69. The molecule has 0 aliphatic heterocycles. The van der Waals surface area contributed by atoms with E-state index in [0.717, 1.165) is 34.4 Å². The third-order valence-corrected chi connectivity index (χ3v) is 7.26. The smallest absolute Gasteiger partial charge is 0.229 e. The summed E-state index contributed by atoms with van der Waals surface area (Å²) in [6.07, 6.45) is 0. The molecular formula is C26H30N6O2S. The second-order valence-corrected chi connectivity index (χ2v) is 11.0. The maximum absolute atomic E-state index is 12.2. The lowest BCUT2D eigenvalue weighted by Crippen LogP contribution is -2.23. The van der Waals surface area contributed by atoms with Crippen molar-refractivity contribution in [1.82, 2.24) is 19.2 Å². The summed E-state index contributed by atoms with van der Waals surface area (Å²) in [5.41, 5.74) is 4.38. The lowest BCUT2D eigenvalue weighted by atomic mass is 10.1. The number of benzene rings is 3. The molecule has 4 rings (SSSR count). The van der Waals surface area contributed by atoms with E-state index < -0.39 is 10.0 Å². The number of hydrogen-bond acceptors (Lipinski definition) is 7. The third kappa shape index (κ3) is 6.13. The molecule has 0 saturated heterocycles. The van der Waals surface area contributed by atoms with E-state index in [1.54, 1.807) is 12.1 Å². The molecule has 0 amide bonds. The fraction of sp³-hybridized carbons (Fsp3) is 0.231. The summed E-state index contributed by atoms with van der Waals surface area (Å²) in [5, 5.41) is 7.64. The van der Waals surface area contributed by atoms with E-state index in [4.69, 9.17) is 9.97 Å². The molecule has 3 aromatic carbocycles. The first-order valence-electron chi connectivity index (χ1n) is 11.2. The number of nitrogens with one attached hydrogen (secondary N) is 2. The van der Waals surface area contributed by atoms with Crippen LogP contribution in [0.25, 0.3) is 10.9 Å². The average Bonchev–Trinajstić information content (AvgIpc) is 2.81. The van der Waals surface area contributed by atoms with Crippen molar-refractivity contribution < 1.29 is 8.42 Å². The van der Waals surface area contributed by atoms with Crippen molar-refractivity contribution in [2.75, 3.05) is 38.8 Å². The summed E-state index contributed by atoms with van der Waals surface area (Å²) in [5.74, 6) is 1.11. The molecule has 8 nitrogen and oxygen atoms in total. The van der Waals surface area contributed by atoms with Crippen LogP contribution in [0.15, 0.2) is 72.8 Å². The van der Waals surface area contributed by atoms with Crippen LogP contribution in [0, 0.1) is 0 Å². The fourth-order valence-corrected chi connectivity index (χ4v) is 4.51. The van der Waals surface area contributed by atoms with Crippen LogP contribution in [0.1, 0.15) is 11.1 Å². The Bertz CT molecular complexity index is 1410. The molecule has 0 atom stereocenters. The van der Waals surface area contributed by atoms with Gasteiger partial charge in [0.1, 0.15) is 5.82 Å². The van der Waals surface area contributed by atoms with Gasteiger partial charge in [-0.3, -0.25) is 0 Å². The number of anilines is 4. The number of para-hydroxylation sites is 2. The molecule has 0 fully saturated rings. The molecule has 35 heavy (non-hydrogen) atoms. The monoisotopic (exact) mass is 490 g/mol. The zero-order chi connectivity index (χ0) is 25.0. The topological polar surface area (TPSA) is 90.5 Å². The highest BCUT2D eigenvalue weighted by Crippen LogP contribution is 2.29. The zero-order valence-corrected chi connectivity index (χ0v) is 21.2. The van der Waals surface area contributed by atoms with Crippen LogP contribution in [0.3, 0.4) is 0 Å². The van der Waals surface area contributed by atoms with Crippen LogP contribution >= 0.6 is 0 Å². The highest BCUT2D eigenvalue weighted by molar-refractivity contribution is 7.88.